The summed E-state index contributed by atoms with van der Waals surface area (Å²) < 4.78 is 5.28. The number of rotatable bonds is 3. The van der Waals surface area contributed by atoms with Crippen molar-refractivity contribution in [3.63, 3.8) is 0 Å². The molecule has 0 heterocycles. The van der Waals surface area contributed by atoms with E-state index in [9.17, 15) is 5.11 Å². The minimum atomic E-state index is -0.353. The van der Waals surface area contributed by atoms with Crippen molar-refractivity contribution in [1.29, 1.82) is 0 Å². The maximum absolute atomic E-state index is 10.2. The van der Waals surface area contributed by atoms with Gasteiger partial charge in [0.25, 0.3) is 0 Å². The summed E-state index contributed by atoms with van der Waals surface area (Å²) in [5.74, 6) is 1.24. The van der Waals surface area contributed by atoms with Crippen LogP contribution >= 0.6 is 0 Å². The molecule has 0 saturated heterocycles. The lowest BCUT2D eigenvalue weighted by Gasteiger charge is -2.31. The Morgan fingerprint density at radius 2 is 2.13 bits per heavy atom. The summed E-state index contributed by atoms with van der Waals surface area (Å²) in [5.41, 5.74) is 2.12. The summed E-state index contributed by atoms with van der Waals surface area (Å²) in [6, 6.07) is 5.98. The van der Waals surface area contributed by atoms with Gasteiger partial charge in [0, 0.05) is 5.56 Å². The van der Waals surface area contributed by atoms with Crippen molar-refractivity contribution in [2.75, 3.05) is 7.11 Å². The van der Waals surface area contributed by atoms with Crippen molar-refractivity contribution >= 4 is 0 Å². The van der Waals surface area contributed by atoms with Gasteiger partial charge in [0.1, 0.15) is 5.75 Å². The molecule has 15 heavy (non-hydrogen) atoms. The van der Waals surface area contributed by atoms with E-state index in [1.54, 1.807) is 7.11 Å². The third-order valence-electron chi connectivity index (χ3n) is 3.30. The molecule has 0 radical (unpaired) electrons. The van der Waals surface area contributed by atoms with Crippen molar-refractivity contribution < 1.29 is 9.84 Å². The van der Waals surface area contributed by atoms with E-state index in [-0.39, 0.29) is 6.10 Å². The Hall–Kier alpha value is -1.02. The molecule has 0 amide bonds. The average molecular weight is 206 g/mol. The summed E-state index contributed by atoms with van der Waals surface area (Å²) in [4.78, 5) is 0. The number of aliphatic hydroxyl groups excluding tert-OH is 1. The van der Waals surface area contributed by atoms with E-state index in [0.29, 0.717) is 5.92 Å². The Kier molecular flexibility index (Phi) is 2.96. The Balaban J connectivity index is 2.27. The molecule has 2 rings (SSSR count). The lowest BCUT2D eigenvalue weighted by atomic mass is 9.78. The van der Waals surface area contributed by atoms with Gasteiger partial charge in [-0.1, -0.05) is 18.1 Å². The highest BCUT2D eigenvalue weighted by Crippen LogP contribution is 2.40. The summed E-state index contributed by atoms with van der Waals surface area (Å²) in [6.07, 6.45) is 3.17. The van der Waals surface area contributed by atoms with Gasteiger partial charge in [-0.15, -0.1) is 0 Å². The van der Waals surface area contributed by atoms with Crippen LogP contribution in [0.1, 0.15) is 36.5 Å². The van der Waals surface area contributed by atoms with Gasteiger partial charge in [0.05, 0.1) is 13.2 Å². The summed E-state index contributed by atoms with van der Waals surface area (Å²) >= 11 is 0. The average Bonchev–Trinajstić information content (AvgIpc) is 2.15. The van der Waals surface area contributed by atoms with Crippen LogP contribution in [0.2, 0.25) is 0 Å². The van der Waals surface area contributed by atoms with Crippen LogP contribution < -0.4 is 4.74 Å². The molecule has 1 unspecified atom stereocenters. The van der Waals surface area contributed by atoms with E-state index in [0.717, 1.165) is 24.2 Å². The molecular formula is C13H18O2. The molecule has 1 aromatic carbocycles. The summed E-state index contributed by atoms with van der Waals surface area (Å²) in [6.45, 7) is 2.04. The third-order valence-corrected chi connectivity index (χ3v) is 3.30. The molecule has 1 fully saturated rings. The zero-order valence-electron chi connectivity index (χ0n) is 9.36. The zero-order valence-corrected chi connectivity index (χ0v) is 9.36. The zero-order chi connectivity index (χ0) is 10.8. The molecule has 0 bridgehead atoms. The smallest absolute Gasteiger partial charge is 0.124 e. The maximum Gasteiger partial charge on any atom is 0.124 e. The predicted octanol–water partition coefficient (Wildman–Crippen LogP) is 2.84. The van der Waals surface area contributed by atoms with Crippen LogP contribution in [0.15, 0.2) is 18.2 Å². The van der Waals surface area contributed by atoms with Crippen LogP contribution in [-0.4, -0.2) is 12.2 Å². The Labute approximate surface area is 90.9 Å². The van der Waals surface area contributed by atoms with Crippen LogP contribution in [0.3, 0.4) is 0 Å². The van der Waals surface area contributed by atoms with E-state index in [1.807, 2.05) is 25.1 Å². The van der Waals surface area contributed by atoms with Crippen LogP contribution in [-0.2, 0) is 0 Å². The van der Waals surface area contributed by atoms with E-state index in [1.165, 1.54) is 12.0 Å². The topological polar surface area (TPSA) is 29.5 Å². The Bertz CT molecular complexity index is 342. The molecule has 1 atom stereocenters. The molecule has 82 valence electrons. The van der Waals surface area contributed by atoms with Crippen molar-refractivity contribution in [3.8, 4) is 5.75 Å². The minimum Gasteiger partial charge on any atom is -0.496 e. The molecular weight excluding hydrogens is 188 g/mol. The monoisotopic (exact) mass is 206 g/mol. The van der Waals surface area contributed by atoms with Crippen molar-refractivity contribution in [3.05, 3.63) is 29.3 Å². The number of methoxy groups -OCH3 is 1. The summed E-state index contributed by atoms with van der Waals surface area (Å²) in [7, 11) is 1.65. The van der Waals surface area contributed by atoms with Crippen LogP contribution in [0.4, 0.5) is 0 Å². The SMILES string of the molecule is COc1ccc(C)cc1C(O)C1CCC1. The number of hydrogen-bond donors (Lipinski definition) is 1. The molecule has 1 saturated carbocycles. The number of benzene rings is 1. The van der Waals surface area contributed by atoms with Gasteiger partial charge in [0.2, 0.25) is 0 Å². The van der Waals surface area contributed by atoms with E-state index in [4.69, 9.17) is 4.74 Å². The quantitative estimate of drug-likeness (QED) is 0.824. The number of hydrogen-bond acceptors (Lipinski definition) is 2. The van der Waals surface area contributed by atoms with Gasteiger partial charge in [0.15, 0.2) is 0 Å². The molecule has 2 nitrogen and oxygen atoms in total. The fraction of sp³-hybridized carbons (Fsp3) is 0.538. The van der Waals surface area contributed by atoms with E-state index >= 15 is 0 Å². The van der Waals surface area contributed by atoms with Crippen molar-refractivity contribution in [2.45, 2.75) is 32.3 Å². The highest BCUT2D eigenvalue weighted by Gasteiger charge is 2.28. The Morgan fingerprint density at radius 3 is 2.67 bits per heavy atom. The van der Waals surface area contributed by atoms with Gasteiger partial charge >= 0.3 is 0 Å². The molecule has 0 aliphatic heterocycles. The standard InChI is InChI=1S/C13H18O2/c1-9-6-7-12(15-2)11(8-9)13(14)10-4-3-5-10/h6-8,10,13-14H,3-5H2,1-2H3. The van der Waals surface area contributed by atoms with Crippen LogP contribution in [0.5, 0.6) is 5.75 Å². The minimum absolute atomic E-state index is 0.353. The largest absolute Gasteiger partial charge is 0.496 e. The normalized spacial score (nSPS) is 18.3. The first kappa shape index (κ1) is 10.5. The fourth-order valence-corrected chi connectivity index (χ4v) is 2.09. The Morgan fingerprint density at radius 1 is 1.40 bits per heavy atom. The van der Waals surface area contributed by atoms with Gasteiger partial charge in [-0.25, -0.2) is 0 Å². The molecule has 0 aromatic heterocycles. The number of ether oxygens (including phenoxy) is 1. The predicted molar refractivity (Wildman–Crippen MR) is 60.0 cm³/mol. The molecule has 1 N–H and O–H groups in total. The third kappa shape index (κ3) is 2.00. The van der Waals surface area contributed by atoms with Crippen molar-refractivity contribution in [1.82, 2.24) is 0 Å². The second-order valence-electron chi connectivity index (χ2n) is 4.38. The van der Waals surface area contributed by atoms with Gasteiger partial charge in [-0.3, -0.25) is 0 Å². The van der Waals surface area contributed by atoms with E-state index in [2.05, 4.69) is 0 Å². The first-order valence-electron chi connectivity index (χ1n) is 5.55. The van der Waals surface area contributed by atoms with Gasteiger partial charge in [-0.05, 0) is 37.8 Å². The second-order valence-corrected chi connectivity index (χ2v) is 4.38. The van der Waals surface area contributed by atoms with Gasteiger partial charge < -0.3 is 9.84 Å². The maximum atomic E-state index is 10.2. The van der Waals surface area contributed by atoms with Gasteiger partial charge in [-0.2, -0.15) is 0 Å². The molecule has 1 aliphatic carbocycles. The molecule has 1 aliphatic rings. The van der Waals surface area contributed by atoms with Crippen LogP contribution in [0, 0.1) is 12.8 Å². The van der Waals surface area contributed by atoms with E-state index < -0.39 is 0 Å². The summed E-state index contributed by atoms with van der Waals surface area (Å²) in [5, 5.41) is 10.2. The molecule has 0 spiro atoms. The number of aliphatic hydroxyl groups is 1. The lowest BCUT2D eigenvalue weighted by Crippen LogP contribution is -2.20. The fourth-order valence-electron chi connectivity index (χ4n) is 2.09. The van der Waals surface area contributed by atoms with Crippen LogP contribution in [0.25, 0.3) is 0 Å². The lowest BCUT2D eigenvalue weighted by molar-refractivity contribution is 0.0600. The number of aryl methyl sites for hydroxylation is 1. The molecule has 1 aromatic rings. The highest BCUT2D eigenvalue weighted by atomic mass is 16.5. The second kappa shape index (κ2) is 4.23. The first-order chi connectivity index (χ1) is 7.22. The first-order valence-corrected chi connectivity index (χ1v) is 5.55. The highest BCUT2D eigenvalue weighted by molar-refractivity contribution is 5.38. The van der Waals surface area contributed by atoms with Crippen molar-refractivity contribution in [2.24, 2.45) is 5.92 Å². The molecule has 2 heteroatoms.